The Labute approximate surface area is 87.6 Å². The number of phenolic OH excluding ortho intramolecular Hbond substituents is 1. The number of aromatic hydroxyl groups is 1. The fourth-order valence-electron chi connectivity index (χ4n) is 1.34. The van der Waals surface area contributed by atoms with Gasteiger partial charge < -0.3 is 9.63 Å². The molecular formula is C11H12N2O2. The number of aryl methyl sites for hydroxylation is 1. The number of nitrogens with zero attached hydrogens (tertiary/aromatic N) is 2. The fraction of sp³-hybridized carbons (Fsp3) is 0.273. The molecule has 0 atom stereocenters. The first-order valence-corrected chi connectivity index (χ1v) is 4.91. The van der Waals surface area contributed by atoms with Crippen molar-refractivity contribution in [3.63, 3.8) is 0 Å². The van der Waals surface area contributed by atoms with E-state index in [0.717, 1.165) is 18.4 Å². The number of benzene rings is 1. The summed E-state index contributed by atoms with van der Waals surface area (Å²) in [7, 11) is 0. The van der Waals surface area contributed by atoms with Gasteiger partial charge in [0.25, 0.3) is 5.89 Å². The van der Waals surface area contributed by atoms with E-state index in [1.807, 2.05) is 6.07 Å². The molecule has 1 heterocycles. The van der Waals surface area contributed by atoms with Gasteiger partial charge in [-0.2, -0.15) is 4.98 Å². The van der Waals surface area contributed by atoms with Crippen LogP contribution in [-0.2, 0) is 6.42 Å². The average Bonchev–Trinajstić information content (AvgIpc) is 2.67. The van der Waals surface area contributed by atoms with E-state index in [-0.39, 0.29) is 5.75 Å². The minimum absolute atomic E-state index is 0.197. The van der Waals surface area contributed by atoms with Gasteiger partial charge in [0.05, 0.1) is 0 Å². The van der Waals surface area contributed by atoms with Gasteiger partial charge in [-0.25, -0.2) is 0 Å². The van der Waals surface area contributed by atoms with Crippen LogP contribution in [0.15, 0.2) is 28.8 Å². The van der Waals surface area contributed by atoms with Crippen LogP contribution in [0.5, 0.6) is 5.75 Å². The Morgan fingerprint density at radius 1 is 1.40 bits per heavy atom. The molecular weight excluding hydrogens is 192 g/mol. The summed E-state index contributed by atoms with van der Waals surface area (Å²) in [5, 5.41) is 13.1. The molecule has 0 aliphatic rings. The molecule has 0 aliphatic carbocycles. The topological polar surface area (TPSA) is 59.2 Å². The van der Waals surface area contributed by atoms with Crippen molar-refractivity contribution in [3.8, 4) is 17.2 Å². The van der Waals surface area contributed by atoms with Crippen molar-refractivity contribution < 1.29 is 9.63 Å². The van der Waals surface area contributed by atoms with Gasteiger partial charge in [0, 0.05) is 12.0 Å². The molecule has 1 N–H and O–H groups in total. The van der Waals surface area contributed by atoms with Crippen LogP contribution in [0, 0.1) is 0 Å². The molecule has 2 rings (SSSR count). The Morgan fingerprint density at radius 3 is 3.00 bits per heavy atom. The van der Waals surface area contributed by atoms with Crippen LogP contribution in [-0.4, -0.2) is 15.2 Å². The predicted molar refractivity (Wildman–Crippen MR) is 55.4 cm³/mol. The van der Waals surface area contributed by atoms with E-state index in [4.69, 9.17) is 4.52 Å². The summed E-state index contributed by atoms with van der Waals surface area (Å²) >= 11 is 0. The van der Waals surface area contributed by atoms with Crippen LogP contribution >= 0.6 is 0 Å². The Balaban J connectivity index is 2.29. The molecule has 0 radical (unpaired) electrons. The number of aromatic nitrogens is 2. The second kappa shape index (κ2) is 4.13. The van der Waals surface area contributed by atoms with Crippen LogP contribution < -0.4 is 0 Å². The van der Waals surface area contributed by atoms with Gasteiger partial charge in [0.15, 0.2) is 5.82 Å². The van der Waals surface area contributed by atoms with Crippen molar-refractivity contribution in [2.24, 2.45) is 0 Å². The van der Waals surface area contributed by atoms with E-state index < -0.39 is 0 Å². The van der Waals surface area contributed by atoms with Crippen molar-refractivity contribution in [1.82, 2.24) is 10.1 Å². The zero-order valence-electron chi connectivity index (χ0n) is 8.47. The monoisotopic (exact) mass is 204 g/mol. The normalized spacial score (nSPS) is 10.5. The van der Waals surface area contributed by atoms with Crippen molar-refractivity contribution in [3.05, 3.63) is 30.1 Å². The molecule has 0 saturated heterocycles. The molecule has 0 bridgehead atoms. The van der Waals surface area contributed by atoms with E-state index in [1.165, 1.54) is 0 Å². The minimum atomic E-state index is 0.197. The van der Waals surface area contributed by atoms with Crippen molar-refractivity contribution in [2.45, 2.75) is 19.8 Å². The summed E-state index contributed by atoms with van der Waals surface area (Å²) in [4.78, 5) is 4.22. The largest absolute Gasteiger partial charge is 0.508 e. The first-order chi connectivity index (χ1) is 7.29. The van der Waals surface area contributed by atoms with E-state index in [9.17, 15) is 5.11 Å². The molecule has 15 heavy (non-hydrogen) atoms. The molecule has 1 aromatic carbocycles. The van der Waals surface area contributed by atoms with Crippen molar-refractivity contribution in [2.75, 3.05) is 0 Å². The third-order valence-electron chi connectivity index (χ3n) is 2.03. The van der Waals surface area contributed by atoms with Gasteiger partial charge in [-0.3, -0.25) is 0 Å². The number of hydrogen-bond acceptors (Lipinski definition) is 4. The molecule has 0 spiro atoms. The number of rotatable bonds is 3. The highest BCUT2D eigenvalue weighted by Gasteiger charge is 2.08. The fourth-order valence-corrected chi connectivity index (χ4v) is 1.34. The van der Waals surface area contributed by atoms with E-state index in [1.54, 1.807) is 18.2 Å². The standard InChI is InChI=1S/C11H12N2O2/c1-2-4-10-12-11(15-13-10)8-5-3-6-9(14)7-8/h3,5-7,14H,2,4H2,1H3. The molecule has 2 aromatic rings. The van der Waals surface area contributed by atoms with E-state index >= 15 is 0 Å². The van der Waals surface area contributed by atoms with Crippen molar-refractivity contribution in [1.29, 1.82) is 0 Å². The molecule has 0 unspecified atom stereocenters. The SMILES string of the molecule is CCCc1noc(-c2cccc(O)c2)n1. The maximum atomic E-state index is 9.29. The quantitative estimate of drug-likeness (QED) is 0.833. The van der Waals surface area contributed by atoms with Crippen LogP contribution in [0.25, 0.3) is 11.5 Å². The zero-order valence-corrected chi connectivity index (χ0v) is 8.47. The summed E-state index contributed by atoms with van der Waals surface area (Å²) in [6.45, 7) is 2.06. The molecule has 0 fully saturated rings. The highest BCUT2D eigenvalue weighted by molar-refractivity contribution is 5.55. The summed E-state index contributed by atoms with van der Waals surface area (Å²) in [6.07, 6.45) is 1.79. The van der Waals surface area contributed by atoms with Crippen molar-refractivity contribution >= 4 is 0 Å². The first-order valence-electron chi connectivity index (χ1n) is 4.91. The minimum Gasteiger partial charge on any atom is -0.508 e. The lowest BCUT2D eigenvalue weighted by Gasteiger charge is -1.94. The average molecular weight is 204 g/mol. The number of hydrogen-bond donors (Lipinski definition) is 1. The second-order valence-electron chi connectivity index (χ2n) is 3.32. The van der Waals surface area contributed by atoms with Gasteiger partial charge in [0.1, 0.15) is 5.75 Å². The molecule has 4 nitrogen and oxygen atoms in total. The maximum absolute atomic E-state index is 9.29. The zero-order chi connectivity index (χ0) is 10.7. The molecule has 0 aliphatic heterocycles. The summed E-state index contributed by atoms with van der Waals surface area (Å²) in [5.41, 5.74) is 0.741. The molecule has 0 saturated carbocycles. The van der Waals surface area contributed by atoms with Crippen LogP contribution in [0.1, 0.15) is 19.2 Å². The summed E-state index contributed by atoms with van der Waals surface area (Å²) in [5.74, 6) is 1.35. The Kier molecular flexibility index (Phi) is 2.67. The molecule has 1 aromatic heterocycles. The van der Waals surface area contributed by atoms with Gasteiger partial charge >= 0.3 is 0 Å². The highest BCUT2D eigenvalue weighted by atomic mass is 16.5. The Bertz CT molecular complexity index is 451. The lowest BCUT2D eigenvalue weighted by atomic mass is 10.2. The van der Waals surface area contributed by atoms with Gasteiger partial charge in [-0.15, -0.1) is 0 Å². The Hall–Kier alpha value is -1.84. The third kappa shape index (κ3) is 2.15. The number of phenols is 1. The van der Waals surface area contributed by atoms with Gasteiger partial charge in [-0.05, 0) is 24.6 Å². The maximum Gasteiger partial charge on any atom is 0.258 e. The molecule has 78 valence electrons. The van der Waals surface area contributed by atoms with E-state index in [2.05, 4.69) is 17.1 Å². The molecule has 4 heteroatoms. The Morgan fingerprint density at radius 2 is 2.27 bits per heavy atom. The first kappa shape index (κ1) is 9.71. The molecule has 0 amide bonds. The van der Waals surface area contributed by atoms with Gasteiger partial charge in [0.2, 0.25) is 0 Å². The second-order valence-corrected chi connectivity index (χ2v) is 3.32. The van der Waals surface area contributed by atoms with Crippen LogP contribution in [0.2, 0.25) is 0 Å². The lowest BCUT2D eigenvalue weighted by Crippen LogP contribution is -1.85. The third-order valence-corrected chi connectivity index (χ3v) is 2.03. The highest BCUT2D eigenvalue weighted by Crippen LogP contribution is 2.21. The van der Waals surface area contributed by atoms with Gasteiger partial charge in [-0.1, -0.05) is 18.1 Å². The van der Waals surface area contributed by atoms with Crippen LogP contribution in [0.3, 0.4) is 0 Å². The summed E-state index contributed by atoms with van der Waals surface area (Å²) < 4.78 is 5.09. The summed E-state index contributed by atoms with van der Waals surface area (Å²) in [6, 6.07) is 6.77. The predicted octanol–water partition coefficient (Wildman–Crippen LogP) is 2.39. The van der Waals surface area contributed by atoms with E-state index in [0.29, 0.717) is 11.7 Å². The lowest BCUT2D eigenvalue weighted by molar-refractivity contribution is 0.421. The smallest absolute Gasteiger partial charge is 0.258 e. The van der Waals surface area contributed by atoms with Crippen LogP contribution in [0.4, 0.5) is 0 Å².